The Morgan fingerprint density at radius 3 is 2.35 bits per heavy atom. The Bertz CT molecular complexity index is 1080. The van der Waals surface area contributed by atoms with Gasteiger partial charge < -0.3 is 9.47 Å². The lowest BCUT2D eigenvalue weighted by Crippen LogP contribution is -2.33. The summed E-state index contributed by atoms with van der Waals surface area (Å²) in [6, 6.07) is 6.58. The molecule has 0 aliphatic heterocycles. The van der Waals surface area contributed by atoms with Gasteiger partial charge in [-0.2, -0.15) is 18.3 Å². The number of ether oxygens (including phenoxy) is 2. The van der Waals surface area contributed by atoms with E-state index in [9.17, 15) is 22.8 Å². The van der Waals surface area contributed by atoms with Gasteiger partial charge in [0.2, 0.25) is 0 Å². The van der Waals surface area contributed by atoms with Crippen LogP contribution in [-0.2, 0) is 28.7 Å². The van der Waals surface area contributed by atoms with E-state index in [-0.39, 0.29) is 30.6 Å². The zero-order valence-electron chi connectivity index (χ0n) is 17.7. The Kier molecular flexibility index (Phi) is 5.98. The fraction of sp³-hybridized carbons (Fsp3) is 0.409. The predicted molar refractivity (Wildman–Crippen MR) is 108 cm³/mol. The van der Waals surface area contributed by atoms with Crippen molar-refractivity contribution in [2.24, 2.45) is 0 Å². The zero-order valence-corrected chi connectivity index (χ0v) is 17.7. The van der Waals surface area contributed by atoms with Crippen LogP contribution in [0, 0.1) is 0 Å². The third-order valence-electron chi connectivity index (χ3n) is 4.68. The van der Waals surface area contributed by atoms with Crippen molar-refractivity contribution in [3.8, 4) is 5.75 Å². The number of carbonyl (C=O) groups excluding carboxylic acids is 1. The van der Waals surface area contributed by atoms with E-state index >= 15 is 0 Å². The minimum Gasteiger partial charge on any atom is -0.497 e. The quantitative estimate of drug-likeness (QED) is 0.536. The number of benzene rings is 1. The molecule has 3 rings (SSSR count). The van der Waals surface area contributed by atoms with E-state index in [1.54, 1.807) is 45.0 Å². The third-order valence-corrected chi connectivity index (χ3v) is 4.68. The van der Waals surface area contributed by atoms with E-state index in [0.717, 1.165) is 10.8 Å². The summed E-state index contributed by atoms with van der Waals surface area (Å²) < 4.78 is 52.4. The van der Waals surface area contributed by atoms with Crippen molar-refractivity contribution in [2.75, 3.05) is 7.11 Å². The van der Waals surface area contributed by atoms with Gasteiger partial charge in [0.1, 0.15) is 16.9 Å². The van der Waals surface area contributed by atoms with Crippen molar-refractivity contribution in [2.45, 2.75) is 51.9 Å². The molecule has 0 unspecified atom stereocenters. The van der Waals surface area contributed by atoms with Gasteiger partial charge in [0.15, 0.2) is 0 Å². The number of alkyl halides is 3. The summed E-state index contributed by atoms with van der Waals surface area (Å²) >= 11 is 0. The topological polar surface area (TPSA) is 70.4 Å². The molecule has 0 fully saturated rings. The zero-order chi connectivity index (χ0) is 23.0. The Labute approximate surface area is 177 Å². The molecule has 0 saturated heterocycles. The molecule has 1 aliphatic carbocycles. The van der Waals surface area contributed by atoms with Crippen molar-refractivity contribution < 1.29 is 27.4 Å². The highest BCUT2D eigenvalue weighted by Gasteiger charge is 2.41. The lowest BCUT2D eigenvalue weighted by atomic mass is 10.1. The molecule has 0 radical (unpaired) electrons. The molecule has 0 atom stereocenters. The first-order valence-electron chi connectivity index (χ1n) is 9.67. The van der Waals surface area contributed by atoms with Crippen LogP contribution < -0.4 is 10.3 Å². The standard InChI is InChI=1S/C22H23F3N2O4/c1-21(2,3)31-17(28)11-14-7-10-16-18(22(23,24)25)20(29)27(26-19(14)16)12-13-5-8-15(30-4)9-6-13/h5-6,8-9,11H,7,10,12H2,1-4H3/b14-11+. The van der Waals surface area contributed by atoms with Gasteiger partial charge in [-0.15, -0.1) is 0 Å². The maximum absolute atomic E-state index is 13.8. The van der Waals surface area contributed by atoms with Gasteiger partial charge in [-0.25, -0.2) is 9.48 Å². The van der Waals surface area contributed by atoms with E-state index in [0.29, 0.717) is 16.9 Å². The summed E-state index contributed by atoms with van der Waals surface area (Å²) in [5.41, 5.74) is -2.46. The largest absolute Gasteiger partial charge is 0.497 e. The molecular formula is C22H23F3N2O4. The molecule has 9 heteroatoms. The number of halogens is 3. The average Bonchev–Trinajstić information content (AvgIpc) is 3.02. The van der Waals surface area contributed by atoms with Crippen LogP contribution in [0.2, 0.25) is 0 Å². The molecule has 0 N–H and O–H groups in total. The van der Waals surface area contributed by atoms with Gasteiger partial charge >= 0.3 is 12.1 Å². The van der Waals surface area contributed by atoms with Crippen molar-refractivity contribution in [1.82, 2.24) is 9.78 Å². The van der Waals surface area contributed by atoms with Crippen LogP contribution in [0.4, 0.5) is 13.2 Å². The van der Waals surface area contributed by atoms with Crippen molar-refractivity contribution in [1.29, 1.82) is 0 Å². The Morgan fingerprint density at radius 1 is 1.16 bits per heavy atom. The molecular weight excluding hydrogens is 413 g/mol. The molecule has 1 aromatic carbocycles. The second-order valence-corrected chi connectivity index (χ2v) is 8.21. The lowest BCUT2D eigenvalue weighted by molar-refractivity contribution is -0.148. The molecule has 166 valence electrons. The maximum atomic E-state index is 13.8. The van der Waals surface area contributed by atoms with Crippen LogP contribution in [0.1, 0.15) is 49.6 Å². The minimum absolute atomic E-state index is 0.00583. The van der Waals surface area contributed by atoms with Gasteiger partial charge in [-0.3, -0.25) is 4.79 Å². The first kappa shape index (κ1) is 22.6. The number of esters is 1. The normalized spacial score (nSPS) is 15.1. The Hall–Kier alpha value is -3.10. The number of rotatable bonds is 4. The minimum atomic E-state index is -4.84. The third kappa shape index (κ3) is 5.15. The molecule has 6 nitrogen and oxygen atoms in total. The fourth-order valence-electron chi connectivity index (χ4n) is 3.40. The van der Waals surface area contributed by atoms with E-state index in [2.05, 4.69) is 5.10 Å². The molecule has 1 aromatic heterocycles. The molecule has 1 heterocycles. The van der Waals surface area contributed by atoms with Crippen LogP contribution >= 0.6 is 0 Å². The SMILES string of the molecule is COc1ccc(Cn2nc3c(c(C(F)(F)F)c2=O)CC/C3=C\C(=O)OC(C)(C)C)cc1. The molecule has 0 bridgehead atoms. The van der Waals surface area contributed by atoms with Gasteiger partial charge in [0.05, 0.1) is 19.3 Å². The van der Waals surface area contributed by atoms with E-state index in [1.165, 1.54) is 7.11 Å². The van der Waals surface area contributed by atoms with Gasteiger partial charge in [0, 0.05) is 6.08 Å². The van der Waals surface area contributed by atoms with Crippen LogP contribution in [0.25, 0.3) is 5.57 Å². The Balaban J connectivity index is 2.07. The summed E-state index contributed by atoms with van der Waals surface area (Å²) in [5.74, 6) is -0.0878. The highest BCUT2D eigenvalue weighted by Crippen LogP contribution is 2.38. The number of hydrogen-bond donors (Lipinski definition) is 0. The molecule has 0 saturated carbocycles. The second-order valence-electron chi connectivity index (χ2n) is 8.21. The summed E-state index contributed by atoms with van der Waals surface area (Å²) in [7, 11) is 1.50. The summed E-state index contributed by atoms with van der Waals surface area (Å²) in [5, 5.41) is 4.19. The first-order chi connectivity index (χ1) is 14.4. The molecule has 0 spiro atoms. The van der Waals surface area contributed by atoms with Crippen LogP contribution in [-0.4, -0.2) is 28.5 Å². The average molecular weight is 436 g/mol. The maximum Gasteiger partial charge on any atom is 0.422 e. The highest BCUT2D eigenvalue weighted by molar-refractivity contribution is 5.92. The van der Waals surface area contributed by atoms with E-state index < -0.39 is 28.9 Å². The van der Waals surface area contributed by atoms with Crippen molar-refractivity contribution >= 4 is 11.5 Å². The van der Waals surface area contributed by atoms with E-state index in [4.69, 9.17) is 9.47 Å². The van der Waals surface area contributed by atoms with Crippen molar-refractivity contribution in [3.05, 3.63) is 63.1 Å². The first-order valence-corrected chi connectivity index (χ1v) is 9.67. The number of fused-ring (bicyclic) bond motifs is 1. The molecule has 2 aromatic rings. The second kappa shape index (κ2) is 8.20. The van der Waals surface area contributed by atoms with E-state index in [1.807, 2.05) is 0 Å². The monoisotopic (exact) mass is 436 g/mol. The number of methoxy groups -OCH3 is 1. The van der Waals surface area contributed by atoms with Crippen LogP contribution in [0.5, 0.6) is 5.75 Å². The number of nitrogens with zero attached hydrogens (tertiary/aromatic N) is 2. The predicted octanol–water partition coefficient (Wildman–Crippen LogP) is 3.99. The number of aromatic nitrogens is 2. The number of allylic oxidation sites excluding steroid dienone is 1. The summed E-state index contributed by atoms with van der Waals surface area (Å²) in [4.78, 5) is 24.8. The van der Waals surface area contributed by atoms with Gasteiger partial charge in [0.25, 0.3) is 5.56 Å². The van der Waals surface area contributed by atoms with Crippen molar-refractivity contribution in [3.63, 3.8) is 0 Å². The van der Waals surface area contributed by atoms with Gasteiger partial charge in [-0.05, 0) is 62.4 Å². The lowest BCUT2D eigenvalue weighted by Gasteiger charge is -2.18. The summed E-state index contributed by atoms with van der Waals surface area (Å²) in [6.07, 6.45) is -3.54. The molecule has 31 heavy (non-hydrogen) atoms. The van der Waals surface area contributed by atoms with Crippen LogP contribution in [0.3, 0.4) is 0 Å². The highest BCUT2D eigenvalue weighted by atomic mass is 19.4. The number of carbonyl (C=O) groups is 1. The summed E-state index contributed by atoms with van der Waals surface area (Å²) in [6.45, 7) is 4.93. The fourth-order valence-corrected chi connectivity index (χ4v) is 3.40. The van der Waals surface area contributed by atoms with Crippen LogP contribution in [0.15, 0.2) is 35.1 Å². The molecule has 1 aliphatic rings. The Morgan fingerprint density at radius 2 is 1.81 bits per heavy atom. The number of hydrogen-bond acceptors (Lipinski definition) is 5. The molecule has 0 amide bonds. The smallest absolute Gasteiger partial charge is 0.422 e. The van der Waals surface area contributed by atoms with Gasteiger partial charge in [-0.1, -0.05) is 12.1 Å².